The first-order valence-electron chi connectivity index (χ1n) is 9.19. The molecule has 1 aromatic heterocycles. The van der Waals surface area contributed by atoms with Crippen molar-refractivity contribution >= 4 is 33.0 Å². The van der Waals surface area contributed by atoms with Crippen LogP contribution in [0.15, 0.2) is 46.3 Å². The highest BCUT2D eigenvalue weighted by atomic mass is 32.2. The van der Waals surface area contributed by atoms with Crippen molar-refractivity contribution in [3.63, 3.8) is 0 Å². The number of rotatable bonds is 10. The second kappa shape index (κ2) is 10.9. The van der Waals surface area contributed by atoms with Gasteiger partial charge in [-0.2, -0.15) is 0 Å². The fourth-order valence-electron chi connectivity index (χ4n) is 2.41. The number of guanidine groups is 1. The molecule has 0 saturated carbocycles. The lowest BCUT2D eigenvalue weighted by atomic mass is 10.3. The highest BCUT2D eigenvalue weighted by molar-refractivity contribution is 7.89. The number of aliphatic imine (C=N–C) groups is 1. The van der Waals surface area contributed by atoms with Gasteiger partial charge in [0.05, 0.1) is 16.4 Å². The van der Waals surface area contributed by atoms with Gasteiger partial charge in [-0.15, -0.1) is 11.3 Å². The summed E-state index contributed by atoms with van der Waals surface area (Å²) in [6.45, 7) is 5.69. The molecule has 29 heavy (non-hydrogen) atoms. The summed E-state index contributed by atoms with van der Waals surface area (Å²) in [5.41, 5.74) is -0.271. The average molecular weight is 440 g/mol. The van der Waals surface area contributed by atoms with E-state index in [9.17, 15) is 18.5 Å². The molecule has 0 bridgehead atoms. The number of non-ortho nitro benzene ring substituents is 1. The van der Waals surface area contributed by atoms with Crippen molar-refractivity contribution in [1.29, 1.82) is 0 Å². The van der Waals surface area contributed by atoms with Crippen LogP contribution in [0.4, 0.5) is 5.69 Å². The molecule has 0 aliphatic rings. The van der Waals surface area contributed by atoms with Crippen LogP contribution in [0.3, 0.4) is 0 Å². The predicted octanol–water partition coefficient (Wildman–Crippen LogP) is 2.25. The molecule has 1 aromatic carbocycles. The Labute approximate surface area is 174 Å². The van der Waals surface area contributed by atoms with Crippen molar-refractivity contribution in [3.8, 4) is 0 Å². The molecule has 11 heteroatoms. The van der Waals surface area contributed by atoms with E-state index in [0.717, 1.165) is 17.4 Å². The maximum atomic E-state index is 12.3. The van der Waals surface area contributed by atoms with E-state index in [4.69, 9.17) is 0 Å². The Morgan fingerprint density at radius 1 is 1.14 bits per heavy atom. The molecule has 0 unspecified atom stereocenters. The first-order valence-corrected chi connectivity index (χ1v) is 11.5. The molecule has 0 aliphatic carbocycles. The highest BCUT2D eigenvalue weighted by Crippen LogP contribution is 2.18. The van der Waals surface area contributed by atoms with Crippen molar-refractivity contribution in [3.05, 3.63) is 56.3 Å². The van der Waals surface area contributed by atoms with Gasteiger partial charge in [0.25, 0.3) is 5.69 Å². The van der Waals surface area contributed by atoms with Gasteiger partial charge in [0.2, 0.25) is 10.0 Å². The number of sulfonamides is 1. The van der Waals surface area contributed by atoms with Gasteiger partial charge in [-0.3, -0.25) is 10.1 Å². The Hall–Kier alpha value is -2.50. The zero-order valence-corrected chi connectivity index (χ0v) is 18.0. The number of hydrogen-bond donors (Lipinski definition) is 3. The van der Waals surface area contributed by atoms with Gasteiger partial charge >= 0.3 is 0 Å². The van der Waals surface area contributed by atoms with E-state index in [1.54, 1.807) is 11.3 Å². The van der Waals surface area contributed by atoms with E-state index in [1.807, 2.05) is 6.92 Å². The molecule has 3 N–H and O–H groups in total. The summed E-state index contributed by atoms with van der Waals surface area (Å²) in [6, 6.07) is 9.10. The topological polar surface area (TPSA) is 126 Å². The van der Waals surface area contributed by atoms with Crippen molar-refractivity contribution in [2.24, 2.45) is 4.99 Å². The minimum absolute atomic E-state index is 0.106. The lowest BCUT2D eigenvalue weighted by Gasteiger charge is -2.12. The third kappa shape index (κ3) is 7.11. The van der Waals surface area contributed by atoms with E-state index in [-0.39, 0.29) is 17.1 Å². The van der Waals surface area contributed by atoms with E-state index in [0.29, 0.717) is 25.6 Å². The number of nitrogens with one attached hydrogen (secondary N) is 3. The van der Waals surface area contributed by atoms with Crippen LogP contribution in [0.1, 0.15) is 23.6 Å². The van der Waals surface area contributed by atoms with Crippen LogP contribution in [0, 0.1) is 10.1 Å². The largest absolute Gasteiger partial charge is 0.357 e. The number of aryl methyl sites for hydroxylation is 1. The summed E-state index contributed by atoms with van der Waals surface area (Å²) in [5.74, 6) is 0.591. The minimum Gasteiger partial charge on any atom is -0.357 e. The number of nitro groups is 1. The lowest BCUT2D eigenvalue weighted by molar-refractivity contribution is -0.385. The maximum absolute atomic E-state index is 12.3. The molecule has 0 aliphatic heterocycles. The molecule has 0 amide bonds. The third-order valence-corrected chi connectivity index (χ3v) is 6.52. The third-order valence-electron chi connectivity index (χ3n) is 3.85. The van der Waals surface area contributed by atoms with Crippen molar-refractivity contribution in [1.82, 2.24) is 15.4 Å². The molecular weight excluding hydrogens is 414 g/mol. The predicted molar refractivity (Wildman–Crippen MR) is 115 cm³/mol. The molecule has 0 radical (unpaired) electrons. The maximum Gasteiger partial charge on any atom is 0.270 e. The van der Waals surface area contributed by atoms with E-state index in [2.05, 4.69) is 39.4 Å². The molecule has 9 nitrogen and oxygen atoms in total. The standard InChI is InChI=1S/C18H25N5O4S2/c1-3-15-8-9-16(28-15)13-21-18(19-4-2)20-10-11-22-29(26,27)17-7-5-6-14(12-17)23(24)25/h5-9,12,22H,3-4,10-11,13H2,1-2H3,(H2,19,20,21). The van der Waals surface area contributed by atoms with Gasteiger partial charge < -0.3 is 10.6 Å². The van der Waals surface area contributed by atoms with Gasteiger partial charge in [0.1, 0.15) is 0 Å². The summed E-state index contributed by atoms with van der Waals surface area (Å²) >= 11 is 1.72. The van der Waals surface area contributed by atoms with Gasteiger partial charge in [-0.1, -0.05) is 13.0 Å². The molecule has 1 heterocycles. The summed E-state index contributed by atoms with van der Waals surface area (Å²) < 4.78 is 27.1. The fourth-order valence-corrected chi connectivity index (χ4v) is 4.36. The van der Waals surface area contributed by atoms with Gasteiger partial charge in [0.15, 0.2) is 5.96 Å². The van der Waals surface area contributed by atoms with E-state index < -0.39 is 14.9 Å². The lowest BCUT2D eigenvalue weighted by Crippen LogP contribution is -2.41. The zero-order valence-electron chi connectivity index (χ0n) is 16.3. The monoisotopic (exact) mass is 439 g/mol. The molecule has 0 fully saturated rings. The number of thiophene rings is 1. The van der Waals surface area contributed by atoms with Crippen LogP contribution in [-0.2, 0) is 23.0 Å². The molecule has 2 aromatic rings. The first kappa shape index (κ1) is 22.8. The summed E-state index contributed by atoms with van der Waals surface area (Å²) in [4.78, 5) is 17.0. The fraction of sp³-hybridized carbons (Fsp3) is 0.389. The Balaban J connectivity index is 1.89. The van der Waals surface area contributed by atoms with Gasteiger partial charge in [0, 0.05) is 41.5 Å². The van der Waals surface area contributed by atoms with Crippen molar-refractivity contribution in [2.45, 2.75) is 31.7 Å². The Bertz CT molecular complexity index is 957. The highest BCUT2D eigenvalue weighted by Gasteiger charge is 2.17. The number of benzene rings is 1. The average Bonchev–Trinajstić information content (AvgIpc) is 3.17. The second-order valence-electron chi connectivity index (χ2n) is 6.00. The van der Waals surface area contributed by atoms with Gasteiger partial charge in [-0.25, -0.2) is 18.1 Å². The molecule has 0 spiro atoms. The SMILES string of the molecule is CCNC(=NCc1ccc(CC)s1)NCCNS(=O)(=O)c1cccc([N+](=O)[O-])c1. The number of nitrogens with zero attached hydrogens (tertiary/aromatic N) is 2. The van der Waals surface area contributed by atoms with Crippen LogP contribution in [0.2, 0.25) is 0 Å². The summed E-state index contributed by atoms with van der Waals surface area (Å²) in [5, 5.41) is 17.0. The molecule has 0 saturated heterocycles. The molecular formula is C18H25N5O4S2. The normalized spacial score (nSPS) is 12.0. The molecule has 2 rings (SSSR count). The van der Waals surface area contributed by atoms with Crippen LogP contribution in [-0.4, -0.2) is 38.9 Å². The molecule has 158 valence electrons. The molecule has 0 atom stereocenters. The van der Waals surface area contributed by atoms with Crippen LogP contribution < -0.4 is 15.4 Å². The Morgan fingerprint density at radius 2 is 1.90 bits per heavy atom. The summed E-state index contributed by atoms with van der Waals surface area (Å²) in [7, 11) is -3.84. The number of nitro benzene ring substituents is 1. The Kier molecular flexibility index (Phi) is 8.55. The Morgan fingerprint density at radius 3 is 2.55 bits per heavy atom. The van der Waals surface area contributed by atoms with E-state index in [1.165, 1.54) is 23.1 Å². The quantitative estimate of drug-likeness (QED) is 0.171. The zero-order chi connectivity index (χ0) is 21.3. The summed E-state index contributed by atoms with van der Waals surface area (Å²) in [6.07, 6.45) is 0.997. The van der Waals surface area contributed by atoms with Crippen molar-refractivity contribution < 1.29 is 13.3 Å². The van der Waals surface area contributed by atoms with Crippen LogP contribution in [0.25, 0.3) is 0 Å². The first-order chi connectivity index (χ1) is 13.9. The number of hydrogen-bond acceptors (Lipinski definition) is 6. The smallest absolute Gasteiger partial charge is 0.270 e. The van der Waals surface area contributed by atoms with Gasteiger partial charge in [-0.05, 0) is 31.5 Å². The van der Waals surface area contributed by atoms with Crippen LogP contribution >= 0.6 is 11.3 Å². The van der Waals surface area contributed by atoms with Crippen LogP contribution in [0.5, 0.6) is 0 Å². The van der Waals surface area contributed by atoms with E-state index >= 15 is 0 Å². The van der Waals surface area contributed by atoms with Crippen molar-refractivity contribution in [2.75, 3.05) is 19.6 Å². The minimum atomic E-state index is -3.84. The second-order valence-corrected chi connectivity index (χ2v) is 9.02.